The highest BCUT2D eigenvalue weighted by Crippen LogP contribution is 2.53. The van der Waals surface area contributed by atoms with Gasteiger partial charge >= 0.3 is 0 Å². The van der Waals surface area contributed by atoms with Crippen LogP contribution in [0.4, 0.5) is 4.39 Å². The lowest BCUT2D eigenvalue weighted by atomic mass is 9.85. The molecule has 2 aromatic rings. The molecule has 0 bridgehead atoms. The molecule has 3 aliphatic rings. The lowest BCUT2D eigenvalue weighted by molar-refractivity contribution is 0.0686. The van der Waals surface area contributed by atoms with Gasteiger partial charge in [0.25, 0.3) is 5.91 Å². The summed E-state index contributed by atoms with van der Waals surface area (Å²) < 4.78 is 15.2. The molecule has 5 rings (SSSR count). The average molecular weight is 354 g/mol. The molecule has 1 spiro atoms. The van der Waals surface area contributed by atoms with Crippen LogP contribution in [0.2, 0.25) is 0 Å². The Morgan fingerprint density at radius 2 is 2.04 bits per heavy atom. The summed E-state index contributed by atoms with van der Waals surface area (Å²) in [6.45, 7) is 2.12. The standard InChI is InChI=1S/C20H23FN4O/c21-14-3-1-13(2-4-14)16-5-8-24(11-17(16)22)19(26)18-9-15-10-20(6-7-20)12-25(15)23-18/h1-4,9,16-17H,5-8,10-12,22H2/t16-,17+/m0/s1. The van der Waals surface area contributed by atoms with E-state index < -0.39 is 0 Å². The third-order valence-electron chi connectivity index (χ3n) is 6.32. The van der Waals surface area contributed by atoms with Gasteiger partial charge in [-0.25, -0.2) is 4.39 Å². The minimum atomic E-state index is -0.240. The molecule has 1 aromatic heterocycles. The number of nitrogens with zero attached hydrogens (tertiary/aromatic N) is 3. The zero-order valence-electron chi connectivity index (χ0n) is 14.7. The maximum atomic E-state index is 13.1. The van der Waals surface area contributed by atoms with Crippen molar-refractivity contribution in [2.75, 3.05) is 13.1 Å². The van der Waals surface area contributed by atoms with Gasteiger partial charge in [-0.2, -0.15) is 5.10 Å². The van der Waals surface area contributed by atoms with Crippen molar-refractivity contribution in [1.29, 1.82) is 0 Å². The normalized spacial score (nSPS) is 26.2. The minimum absolute atomic E-state index is 0.0234. The summed E-state index contributed by atoms with van der Waals surface area (Å²) in [6.07, 6.45) is 4.41. The summed E-state index contributed by atoms with van der Waals surface area (Å²) in [6, 6.07) is 8.35. The van der Waals surface area contributed by atoms with E-state index in [1.807, 2.05) is 15.6 Å². The molecule has 6 heteroatoms. The van der Waals surface area contributed by atoms with E-state index in [0.717, 1.165) is 24.9 Å². The van der Waals surface area contributed by atoms with Crippen molar-refractivity contribution in [2.45, 2.75) is 44.2 Å². The molecular weight excluding hydrogens is 331 g/mol. The van der Waals surface area contributed by atoms with Crippen molar-refractivity contribution in [3.05, 3.63) is 53.1 Å². The minimum Gasteiger partial charge on any atom is -0.336 e. The van der Waals surface area contributed by atoms with Crippen molar-refractivity contribution in [1.82, 2.24) is 14.7 Å². The van der Waals surface area contributed by atoms with Crippen LogP contribution in [0.5, 0.6) is 0 Å². The van der Waals surface area contributed by atoms with E-state index in [2.05, 4.69) is 5.10 Å². The van der Waals surface area contributed by atoms with Crippen LogP contribution in [-0.4, -0.2) is 39.7 Å². The fourth-order valence-corrected chi connectivity index (χ4v) is 4.56. The summed E-state index contributed by atoms with van der Waals surface area (Å²) in [4.78, 5) is 14.7. The molecular formula is C20H23FN4O. The van der Waals surface area contributed by atoms with Crippen molar-refractivity contribution >= 4 is 5.91 Å². The van der Waals surface area contributed by atoms with Gasteiger partial charge in [-0.1, -0.05) is 12.1 Å². The second kappa shape index (κ2) is 5.64. The number of carbonyl (C=O) groups excluding carboxylic acids is 1. The van der Waals surface area contributed by atoms with Crippen LogP contribution in [0.3, 0.4) is 0 Å². The summed E-state index contributed by atoms with van der Waals surface area (Å²) >= 11 is 0. The molecule has 2 aliphatic heterocycles. The maximum Gasteiger partial charge on any atom is 0.274 e. The van der Waals surface area contributed by atoms with E-state index >= 15 is 0 Å². The Morgan fingerprint density at radius 3 is 2.69 bits per heavy atom. The Kier molecular flexibility index (Phi) is 3.47. The van der Waals surface area contributed by atoms with E-state index in [1.54, 1.807) is 12.1 Å². The molecule has 0 radical (unpaired) electrons. The van der Waals surface area contributed by atoms with E-state index in [0.29, 0.717) is 24.2 Å². The number of likely N-dealkylation sites (tertiary alicyclic amines) is 1. The van der Waals surface area contributed by atoms with Crippen LogP contribution in [0, 0.1) is 11.2 Å². The van der Waals surface area contributed by atoms with Crippen molar-refractivity contribution in [2.24, 2.45) is 11.1 Å². The first-order valence-corrected chi connectivity index (χ1v) is 9.40. The maximum absolute atomic E-state index is 13.1. The van der Waals surface area contributed by atoms with Crippen molar-refractivity contribution in [3.8, 4) is 0 Å². The number of nitrogens with two attached hydrogens (primary N) is 1. The van der Waals surface area contributed by atoms with E-state index in [9.17, 15) is 9.18 Å². The molecule has 1 aromatic carbocycles. The SMILES string of the molecule is N[C@@H]1CN(C(=O)c2cc3n(n2)CC2(CC2)C3)CC[C@H]1c1ccc(F)cc1. The highest BCUT2D eigenvalue weighted by Gasteiger charge is 2.48. The van der Waals surface area contributed by atoms with Crippen molar-refractivity contribution < 1.29 is 9.18 Å². The smallest absolute Gasteiger partial charge is 0.274 e. The third-order valence-corrected chi connectivity index (χ3v) is 6.32. The van der Waals surface area contributed by atoms with Crippen LogP contribution in [-0.2, 0) is 13.0 Å². The number of piperidine rings is 1. The number of benzene rings is 1. The number of carbonyl (C=O) groups is 1. The molecule has 1 amide bonds. The molecule has 3 heterocycles. The first kappa shape index (κ1) is 16.0. The fraction of sp³-hybridized carbons (Fsp3) is 0.500. The summed E-state index contributed by atoms with van der Waals surface area (Å²) in [5.74, 6) is -0.109. The molecule has 2 fully saturated rings. The molecule has 136 valence electrons. The Balaban J connectivity index is 1.27. The first-order valence-electron chi connectivity index (χ1n) is 9.40. The number of fused-ring (bicyclic) bond motifs is 1. The number of hydrogen-bond acceptors (Lipinski definition) is 3. The molecule has 2 atom stereocenters. The summed E-state index contributed by atoms with van der Waals surface area (Å²) in [5, 5.41) is 4.56. The molecule has 26 heavy (non-hydrogen) atoms. The van der Waals surface area contributed by atoms with Crippen LogP contribution >= 0.6 is 0 Å². The first-order chi connectivity index (χ1) is 12.5. The van der Waals surface area contributed by atoms with Crippen LogP contribution in [0.25, 0.3) is 0 Å². The quantitative estimate of drug-likeness (QED) is 0.900. The van der Waals surface area contributed by atoms with Crippen LogP contribution in [0.1, 0.15) is 46.9 Å². The van der Waals surface area contributed by atoms with E-state index in [-0.39, 0.29) is 23.7 Å². The Morgan fingerprint density at radius 1 is 1.27 bits per heavy atom. The van der Waals surface area contributed by atoms with Gasteiger partial charge in [0, 0.05) is 37.3 Å². The van der Waals surface area contributed by atoms with Gasteiger partial charge in [-0.15, -0.1) is 0 Å². The van der Waals surface area contributed by atoms with Gasteiger partial charge < -0.3 is 10.6 Å². The van der Waals surface area contributed by atoms with Gasteiger partial charge in [0.15, 0.2) is 5.69 Å². The Hall–Kier alpha value is -2.21. The predicted molar refractivity (Wildman–Crippen MR) is 95.2 cm³/mol. The summed E-state index contributed by atoms with van der Waals surface area (Å²) in [5.41, 5.74) is 9.60. The van der Waals surface area contributed by atoms with Gasteiger partial charge in [0.05, 0.1) is 0 Å². The highest BCUT2D eigenvalue weighted by atomic mass is 19.1. The predicted octanol–water partition coefficient (Wildman–Crippen LogP) is 2.32. The monoisotopic (exact) mass is 354 g/mol. The lowest BCUT2D eigenvalue weighted by Crippen LogP contribution is -2.49. The Labute approximate surface area is 152 Å². The van der Waals surface area contributed by atoms with Gasteiger partial charge in [0.1, 0.15) is 5.82 Å². The molecule has 5 nitrogen and oxygen atoms in total. The lowest BCUT2D eigenvalue weighted by Gasteiger charge is -2.36. The number of rotatable bonds is 2. The second-order valence-electron chi connectivity index (χ2n) is 8.22. The topological polar surface area (TPSA) is 64.2 Å². The molecule has 0 unspecified atom stereocenters. The fourth-order valence-electron chi connectivity index (χ4n) is 4.56. The van der Waals surface area contributed by atoms with E-state index in [4.69, 9.17) is 5.73 Å². The van der Waals surface area contributed by atoms with Crippen molar-refractivity contribution in [3.63, 3.8) is 0 Å². The molecule has 2 N–H and O–H groups in total. The van der Waals surface area contributed by atoms with Gasteiger partial charge in [-0.3, -0.25) is 9.48 Å². The van der Waals surface area contributed by atoms with Gasteiger partial charge in [0.2, 0.25) is 0 Å². The molecule has 1 aliphatic carbocycles. The van der Waals surface area contributed by atoms with Crippen LogP contribution < -0.4 is 5.73 Å². The van der Waals surface area contributed by atoms with Gasteiger partial charge in [-0.05, 0) is 54.9 Å². The third kappa shape index (κ3) is 2.63. The number of hydrogen-bond donors (Lipinski definition) is 1. The zero-order chi connectivity index (χ0) is 17.9. The highest BCUT2D eigenvalue weighted by molar-refractivity contribution is 5.92. The number of aromatic nitrogens is 2. The number of amides is 1. The second-order valence-corrected chi connectivity index (χ2v) is 8.22. The van der Waals surface area contributed by atoms with E-state index in [1.165, 1.54) is 30.7 Å². The number of halogens is 1. The largest absolute Gasteiger partial charge is 0.336 e. The zero-order valence-corrected chi connectivity index (χ0v) is 14.7. The van der Waals surface area contributed by atoms with Crippen LogP contribution in [0.15, 0.2) is 30.3 Å². The average Bonchev–Trinajstić information content (AvgIpc) is 3.13. The summed E-state index contributed by atoms with van der Waals surface area (Å²) in [7, 11) is 0. The molecule has 1 saturated heterocycles. The Bertz CT molecular complexity index is 830. The molecule has 1 saturated carbocycles.